The molecule has 0 radical (unpaired) electrons. The minimum atomic E-state index is 0.605. The van der Waals surface area contributed by atoms with Gasteiger partial charge in [0.1, 0.15) is 0 Å². The van der Waals surface area contributed by atoms with Crippen LogP contribution in [0.25, 0.3) is 0 Å². The van der Waals surface area contributed by atoms with Crippen molar-refractivity contribution >= 4 is 5.96 Å². The molecule has 1 aliphatic heterocycles. The third-order valence-corrected chi connectivity index (χ3v) is 2.89. The maximum absolute atomic E-state index is 5.40. The summed E-state index contributed by atoms with van der Waals surface area (Å²) in [6.07, 6.45) is 1.16. The molecule has 0 aromatic rings. The lowest BCUT2D eigenvalue weighted by Gasteiger charge is -2.40. The van der Waals surface area contributed by atoms with Crippen molar-refractivity contribution < 1.29 is 0 Å². The highest BCUT2D eigenvalue weighted by Crippen LogP contribution is 2.10. The number of guanidine groups is 1. The Morgan fingerprint density at radius 1 is 1.57 bits per heavy atom. The van der Waals surface area contributed by atoms with Gasteiger partial charge in [0.2, 0.25) is 5.96 Å². The fourth-order valence-electron chi connectivity index (χ4n) is 1.88. The molecule has 1 heterocycles. The van der Waals surface area contributed by atoms with E-state index in [1.54, 1.807) is 7.05 Å². The van der Waals surface area contributed by atoms with E-state index in [9.17, 15) is 0 Å². The maximum atomic E-state index is 5.40. The minimum Gasteiger partial charge on any atom is -0.339 e. The van der Waals surface area contributed by atoms with E-state index in [0.717, 1.165) is 32.0 Å². The fraction of sp³-hybridized carbons (Fsp3) is 0.889. The first-order valence-electron chi connectivity index (χ1n) is 5.11. The summed E-state index contributed by atoms with van der Waals surface area (Å²) in [4.78, 5) is 8.70. The number of hydrogen-bond acceptors (Lipinski definition) is 3. The van der Waals surface area contributed by atoms with Crippen LogP contribution < -0.4 is 11.3 Å². The van der Waals surface area contributed by atoms with Gasteiger partial charge in [-0.3, -0.25) is 15.3 Å². The van der Waals surface area contributed by atoms with Gasteiger partial charge in [0.25, 0.3) is 0 Å². The molecular formula is C9H21N5. The second-order valence-electron chi connectivity index (χ2n) is 3.68. The molecule has 1 atom stereocenters. The Hall–Kier alpha value is -0.810. The molecule has 14 heavy (non-hydrogen) atoms. The van der Waals surface area contributed by atoms with Gasteiger partial charge in [-0.25, -0.2) is 5.84 Å². The lowest BCUT2D eigenvalue weighted by Crippen LogP contribution is -2.56. The second-order valence-corrected chi connectivity index (χ2v) is 3.68. The van der Waals surface area contributed by atoms with Gasteiger partial charge in [-0.1, -0.05) is 6.92 Å². The number of nitrogens with zero attached hydrogens (tertiary/aromatic N) is 3. The van der Waals surface area contributed by atoms with Crippen LogP contribution in [0, 0.1) is 0 Å². The summed E-state index contributed by atoms with van der Waals surface area (Å²) in [7, 11) is 3.93. The SMILES string of the molecule is CCC1CN(C(=NC)NN)CCN1C. The summed E-state index contributed by atoms with van der Waals surface area (Å²) in [6.45, 7) is 5.27. The number of piperazine rings is 1. The maximum Gasteiger partial charge on any atom is 0.208 e. The van der Waals surface area contributed by atoms with Gasteiger partial charge in [0.05, 0.1) is 0 Å². The number of likely N-dealkylation sites (N-methyl/N-ethyl adjacent to an activating group) is 1. The number of nitrogens with one attached hydrogen (secondary N) is 1. The lowest BCUT2D eigenvalue weighted by molar-refractivity contribution is 0.135. The van der Waals surface area contributed by atoms with Crippen LogP contribution >= 0.6 is 0 Å². The number of hydrazine groups is 1. The summed E-state index contributed by atoms with van der Waals surface area (Å²) in [5.74, 6) is 6.19. The largest absolute Gasteiger partial charge is 0.339 e. The Labute approximate surface area is 85.9 Å². The predicted molar refractivity (Wildman–Crippen MR) is 59.0 cm³/mol. The molecule has 1 saturated heterocycles. The fourth-order valence-corrected chi connectivity index (χ4v) is 1.88. The van der Waals surface area contributed by atoms with Gasteiger partial charge in [0.15, 0.2) is 0 Å². The number of hydrogen-bond donors (Lipinski definition) is 2. The van der Waals surface area contributed by atoms with Crippen molar-refractivity contribution in [2.75, 3.05) is 33.7 Å². The summed E-state index contributed by atoms with van der Waals surface area (Å²) in [5, 5.41) is 0. The molecule has 0 aliphatic carbocycles. The summed E-state index contributed by atoms with van der Waals surface area (Å²) < 4.78 is 0. The van der Waals surface area contributed by atoms with Gasteiger partial charge in [-0.15, -0.1) is 0 Å². The zero-order valence-electron chi connectivity index (χ0n) is 9.32. The van der Waals surface area contributed by atoms with Gasteiger partial charge in [0, 0.05) is 32.7 Å². The van der Waals surface area contributed by atoms with Crippen molar-refractivity contribution in [2.45, 2.75) is 19.4 Å². The van der Waals surface area contributed by atoms with Crippen molar-refractivity contribution in [2.24, 2.45) is 10.8 Å². The molecule has 82 valence electrons. The number of rotatable bonds is 1. The van der Waals surface area contributed by atoms with Gasteiger partial charge in [-0.05, 0) is 13.5 Å². The van der Waals surface area contributed by atoms with Crippen LogP contribution in [-0.2, 0) is 0 Å². The average molecular weight is 199 g/mol. The molecule has 5 heteroatoms. The highest BCUT2D eigenvalue weighted by atomic mass is 15.4. The van der Waals surface area contributed by atoms with E-state index in [1.165, 1.54) is 0 Å². The molecule has 1 fully saturated rings. The van der Waals surface area contributed by atoms with Crippen LogP contribution in [0.4, 0.5) is 0 Å². The van der Waals surface area contributed by atoms with E-state index in [2.05, 4.69) is 34.2 Å². The Bertz CT molecular complexity index is 203. The van der Waals surface area contributed by atoms with Crippen LogP contribution in [0.15, 0.2) is 4.99 Å². The number of nitrogens with two attached hydrogens (primary N) is 1. The first-order chi connectivity index (χ1) is 6.72. The third-order valence-electron chi connectivity index (χ3n) is 2.89. The summed E-state index contributed by atoms with van der Waals surface area (Å²) in [6, 6.07) is 0.605. The molecule has 0 aromatic carbocycles. The third kappa shape index (κ3) is 2.36. The smallest absolute Gasteiger partial charge is 0.208 e. The normalized spacial score (nSPS) is 25.3. The quantitative estimate of drug-likeness (QED) is 0.258. The molecular weight excluding hydrogens is 178 g/mol. The van der Waals surface area contributed by atoms with Gasteiger partial charge in [-0.2, -0.15) is 0 Å². The van der Waals surface area contributed by atoms with E-state index in [1.807, 2.05) is 0 Å². The molecule has 0 spiro atoms. The van der Waals surface area contributed by atoms with Crippen LogP contribution in [-0.4, -0.2) is 55.5 Å². The van der Waals surface area contributed by atoms with E-state index in [4.69, 9.17) is 5.84 Å². The second kappa shape index (κ2) is 5.17. The molecule has 1 rings (SSSR count). The molecule has 0 aromatic heterocycles. The van der Waals surface area contributed by atoms with Crippen molar-refractivity contribution in [3.8, 4) is 0 Å². The topological polar surface area (TPSA) is 56.9 Å². The summed E-state index contributed by atoms with van der Waals surface area (Å²) >= 11 is 0. The Balaban J connectivity index is 2.58. The van der Waals surface area contributed by atoms with E-state index in [-0.39, 0.29) is 0 Å². The Morgan fingerprint density at radius 2 is 2.29 bits per heavy atom. The first kappa shape index (κ1) is 11.3. The van der Waals surface area contributed by atoms with Crippen LogP contribution in [0.2, 0.25) is 0 Å². The Kier molecular flexibility index (Phi) is 4.16. The number of aliphatic imine (C=N–C) groups is 1. The van der Waals surface area contributed by atoms with Crippen molar-refractivity contribution in [1.29, 1.82) is 0 Å². The zero-order chi connectivity index (χ0) is 10.6. The van der Waals surface area contributed by atoms with Crippen LogP contribution in [0.1, 0.15) is 13.3 Å². The summed E-state index contributed by atoms with van der Waals surface area (Å²) in [5.41, 5.74) is 2.64. The predicted octanol–water partition coefficient (Wildman–Crippen LogP) is -0.538. The molecule has 1 aliphatic rings. The monoisotopic (exact) mass is 199 g/mol. The first-order valence-corrected chi connectivity index (χ1v) is 5.11. The standard InChI is InChI=1S/C9H21N5/c1-4-8-7-14(6-5-13(8)3)9(11-2)12-10/h8H,4-7,10H2,1-3H3,(H,11,12). The van der Waals surface area contributed by atoms with Crippen LogP contribution in [0.5, 0.6) is 0 Å². The zero-order valence-corrected chi connectivity index (χ0v) is 9.32. The van der Waals surface area contributed by atoms with E-state index >= 15 is 0 Å². The van der Waals surface area contributed by atoms with Crippen molar-refractivity contribution in [3.63, 3.8) is 0 Å². The highest BCUT2D eigenvalue weighted by molar-refractivity contribution is 5.79. The molecule has 0 saturated carbocycles. The van der Waals surface area contributed by atoms with Gasteiger partial charge >= 0.3 is 0 Å². The van der Waals surface area contributed by atoms with E-state index < -0.39 is 0 Å². The van der Waals surface area contributed by atoms with Crippen LogP contribution in [0.3, 0.4) is 0 Å². The molecule has 0 bridgehead atoms. The average Bonchev–Trinajstić information content (AvgIpc) is 2.22. The van der Waals surface area contributed by atoms with Gasteiger partial charge < -0.3 is 4.90 Å². The molecule has 5 nitrogen and oxygen atoms in total. The molecule has 1 unspecified atom stereocenters. The van der Waals surface area contributed by atoms with Crippen molar-refractivity contribution in [3.05, 3.63) is 0 Å². The Morgan fingerprint density at radius 3 is 2.79 bits per heavy atom. The minimum absolute atomic E-state index is 0.605. The highest BCUT2D eigenvalue weighted by Gasteiger charge is 2.24. The lowest BCUT2D eigenvalue weighted by atomic mass is 10.1. The van der Waals surface area contributed by atoms with Crippen molar-refractivity contribution in [1.82, 2.24) is 15.2 Å². The molecule has 0 amide bonds. The molecule has 3 N–H and O–H groups in total. The van der Waals surface area contributed by atoms with E-state index in [0.29, 0.717) is 6.04 Å².